The number of hydrogen-bond donors (Lipinski definition) is 2. The van der Waals surface area contributed by atoms with Gasteiger partial charge in [-0.1, -0.05) is 46.1 Å². The Morgan fingerprint density at radius 2 is 2.00 bits per heavy atom. The maximum Gasteiger partial charge on any atom is 0.230 e. The summed E-state index contributed by atoms with van der Waals surface area (Å²) < 4.78 is 1.06. The summed E-state index contributed by atoms with van der Waals surface area (Å²) in [7, 11) is 0. The quantitative estimate of drug-likeness (QED) is 0.781. The Hall–Kier alpha value is -0.840. The molecule has 1 aromatic carbocycles. The van der Waals surface area contributed by atoms with E-state index in [1.165, 1.54) is 5.57 Å². The van der Waals surface area contributed by atoms with Crippen molar-refractivity contribution in [3.8, 4) is 0 Å². The minimum atomic E-state index is -0.297. The van der Waals surface area contributed by atoms with Gasteiger partial charge in [-0.25, -0.2) is 0 Å². The van der Waals surface area contributed by atoms with Crippen LogP contribution in [0.25, 0.3) is 0 Å². The van der Waals surface area contributed by atoms with Gasteiger partial charge in [0, 0.05) is 17.6 Å². The summed E-state index contributed by atoms with van der Waals surface area (Å²) in [6, 6.07) is 8.20. The summed E-state index contributed by atoms with van der Waals surface area (Å²) in [5, 5.41) is 6.45. The molecule has 5 heteroatoms. The maximum absolute atomic E-state index is 12.7. The second-order valence-electron chi connectivity index (χ2n) is 5.94. The Labute approximate surface area is 146 Å². The Kier molecular flexibility index (Phi) is 6.07. The average Bonchev–Trinajstić information content (AvgIpc) is 2.47. The van der Waals surface area contributed by atoms with E-state index in [2.05, 4.69) is 44.8 Å². The first-order valence-electron chi connectivity index (χ1n) is 7.64. The molecule has 1 amide bonds. The van der Waals surface area contributed by atoms with Crippen molar-refractivity contribution < 1.29 is 4.79 Å². The number of nitrogens with one attached hydrogen (secondary N) is 2. The minimum Gasteiger partial charge on any atom is -0.352 e. The van der Waals surface area contributed by atoms with Gasteiger partial charge in [-0.3, -0.25) is 4.79 Å². The van der Waals surface area contributed by atoms with E-state index in [4.69, 9.17) is 0 Å². The van der Waals surface area contributed by atoms with Crippen molar-refractivity contribution in [2.24, 2.45) is 0 Å². The molecule has 0 unspecified atom stereocenters. The van der Waals surface area contributed by atoms with Crippen molar-refractivity contribution in [3.05, 3.63) is 46.0 Å². The van der Waals surface area contributed by atoms with Gasteiger partial charge in [0.05, 0.1) is 5.41 Å². The number of carbonyl (C=O) groups is 1. The van der Waals surface area contributed by atoms with E-state index in [0.29, 0.717) is 6.54 Å². The summed E-state index contributed by atoms with van der Waals surface area (Å²) in [4.78, 5) is 12.7. The molecule has 0 bridgehead atoms. The summed E-state index contributed by atoms with van der Waals surface area (Å²) >= 11 is 3.46. The van der Waals surface area contributed by atoms with Crippen molar-refractivity contribution in [2.75, 3.05) is 19.6 Å². The predicted molar refractivity (Wildman–Crippen MR) is 95.5 cm³/mol. The third kappa shape index (κ3) is 3.55. The Bertz CT molecular complexity index is 552. The molecule has 0 radical (unpaired) electrons. The van der Waals surface area contributed by atoms with E-state index in [9.17, 15) is 4.79 Å². The second-order valence-corrected chi connectivity index (χ2v) is 6.86. The number of rotatable bonds is 4. The monoisotopic (exact) mass is 384 g/mol. The van der Waals surface area contributed by atoms with E-state index < -0.39 is 0 Å². The molecular formula is C17H22BrClN2O. The van der Waals surface area contributed by atoms with Crippen molar-refractivity contribution in [1.29, 1.82) is 0 Å². The van der Waals surface area contributed by atoms with E-state index in [0.717, 1.165) is 48.8 Å². The van der Waals surface area contributed by atoms with Gasteiger partial charge in [0.2, 0.25) is 5.91 Å². The zero-order valence-corrected chi connectivity index (χ0v) is 14.9. The standard InChI is InChI=1S/C17H21BrN2O.ClH/c18-15-4-2-14(3-5-15)17(8-1-9-17)16(21)20-12-13-6-10-19-11-7-13;/h2-6,19H,1,7-12H2,(H,20,21);1H. The molecule has 22 heavy (non-hydrogen) atoms. The van der Waals surface area contributed by atoms with Crippen LogP contribution in [-0.4, -0.2) is 25.5 Å². The molecule has 1 fully saturated rings. The smallest absolute Gasteiger partial charge is 0.230 e. The summed E-state index contributed by atoms with van der Waals surface area (Å²) in [5.41, 5.74) is 2.19. The fourth-order valence-electron chi connectivity index (χ4n) is 3.14. The van der Waals surface area contributed by atoms with Crippen molar-refractivity contribution in [3.63, 3.8) is 0 Å². The zero-order valence-electron chi connectivity index (χ0n) is 12.5. The van der Waals surface area contributed by atoms with Crippen LogP contribution in [0.1, 0.15) is 31.2 Å². The molecule has 0 aromatic heterocycles. The van der Waals surface area contributed by atoms with Gasteiger partial charge in [0.15, 0.2) is 0 Å². The second kappa shape index (κ2) is 7.62. The van der Waals surface area contributed by atoms with Gasteiger partial charge in [-0.15, -0.1) is 12.4 Å². The number of carbonyl (C=O) groups excluding carboxylic acids is 1. The minimum absolute atomic E-state index is 0. The molecule has 1 heterocycles. The predicted octanol–water partition coefficient (Wildman–Crippen LogP) is 3.33. The molecule has 0 spiro atoms. The molecule has 2 N–H and O–H groups in total. The SMILES string of the molecule is Cl.O=C(NCC1=CCNCC1)C1(c2ccc(Br)cc2)CCC1. The highest BCUT2D eigenvalue weighted by atomic mass is 79.9. The maximum atomic E-state index is 12.7. The number of amides is 1. The van der Waals surface area contributed by atoms with Crippen molar-refractivity contribution in [1.82, 2.24) is 10.6 Å². The lowest BCUT2D eigenvalue weighted by molar-refractivity contribution is -0.129. The molecule has 1 aliphatic heterocycles. The van der Waals surface area contributed by atoms with E-state index in [1.54, 1.807) is 0 Å². The van der Waals surface area contributed by atoms with Crippen LogP contribution in [-0.2, 0) is 10.2 Å². The molecule has 1 aromatic rings. The van der Waals surface area contributed by atoms with Gasteiger partial charge in [-0.2, -0.15) is 0 Å². The fraction of sp³-hybridized carbons (Fsp3) is 0.471. The topological polar surface area (TPSA) is 41.1 Å². The van der Waals surface area contributed by atoms with Gasteiger partial charge in [0.25, 0.3) is 0 Å². The fourth-order valence-corrected chi connectivity index (χ4v) is 3.40. The van der Waals surface area contributed by atoms with E-state index in [-0.39, 0.29) is 23.7 Å². The highest BCUT2D eigenvalue weighted by Crippen LogP contribution is 2.44. The summed E-state index contributed by atoms with van der Waals surface area (Å²) in [6.07, 6.45) is 6.28. The molecule has 3 nitrogen and oxygen atoms in total. The molecule has 0 saturated heterocycles. The van der Waals surface area contributed by atoms with Crippen LogP contribution >= 0.6 is 28.3 Å². The molecule has 0 atom stereocenters. The normalized spacial score (nSPS) is 19.4. The molecule has 1 aliphatic carbocycles. The Morgan fingerprint density at radius 3 is 2.55 bits per heavy atom. The zero-order chi connectivity index (χ0) is 14.7. The van der Waals surface area contributed by atoms with Crippen LogP contribution in [0.2, 0.25) is 0 Å². The molecule has 2 aliphatic rings. The van der Waals surface area contributed by atoms with Crippen LogP contribution in [0.5, 0.6) is 0 Å². The highest BCUT2D eigenvalue weighted by molar-refractivity contribution is 9.10. The third-order valence-corrected chi connectivity index (χ3v) is 5.20. The van der Waals surface area contributed by atoms with E-state index >= 15 is 0 Å². The van der Waals surface area contributed by atoms with Crippen LogP contribution in [0.3, 0.4) is 0 Å². The first kappa shape index (κ1) is 17.5. The largest absolute Gasteiger partial charge is 0.352 e. The van der Waals surface area contributed by atoms with Gasteiger partial charge >= 0.3 is 0 Å². The van der Waals surface area contributed by atoms with Gasteiger partial charge in [-0.05, 0) is 43.5 Å². The molecule has 1 saturated carbocycles. The Morgan fingerprint density at radius 1 is 1.27 bits per heavy atom. The van der Waals surface area contributed by atoms with Crippen LogP contribution < -0.4 is 10.6 Å². The lowest BCUT2D eigenvalue weighted by atomic mass is 9.64. The number of halogens is 2. The molecular weight excluding hydrogens is 364 g/mol. The first-order valence-corrected chi connectivity index (χ1v) is 8.43. The lowest BCUT2D eigenvalue weighted by Crippen LogP contribution is -2.49. The summed E-state index contributed by atoms with van der Waals surface area (Å²) in [5.74, 6) is 0.190. The highest BCUT2D eigenvalue weighted by Gasteiger charge is 2.45. The average molecular weight is 386 g/mol. The van der Waals surface area contributed by atoms with E-state index in [1.807, 2.05) is 12.1 Å². The van der Waals surface area contributed by atoms with Crippen molar-refractivity contribution in [2.45, 2.75) is 31.1 Å². The third-order valence-electron chi connectivity index (χ3n) is 4.67. The molecule has 3 rings (SSSR count). The Balaban J connectivity index is 0.00000176. The van der Waals surface area contributed by atoms with Crippen LogP contribution in [0.15, 0.2) is 40.4 Å². The van der Waals surface area contributed by atoms with Gasteiger partial charge in [0.1, 0.15) is 0 Å². The molecule has 120 valence electrons. The van der Waals surface area contributed by atoms with Crippen molar-refractivity contribution >= 4 is 34.2 Å². The van der Waals surface area contributed by atoms with Gasteiger partial charge < -0.3 is 10.6 Å². The lowest BCUT2D eigenvalue weighted by Gasteiger charge is -2.41. The summed E-state index contributed by atoms with van der Waals surface area (Å²) in [6.45, 7) is 2.63. The van der Waals surface area contributed by atoms with Crippen LogP contribution in [0.4, 0.5) is 0 Å². The first-order chi connectivity index (χ1) is 10.2. The van der Waals surface area contributed by atoms with Crippen LogP contribution in [0, 0.1) is 0 Å². The number of benzene rings is 1. The number of hydrogen-bond acceptors (Lipinski definition) is 2.